The predicted octanol–water partition coefficient (Wildman–Crippen LogP) is 3.46. The SMILES string of the molecule is Cc1ccc(CCC(C)O)c2ccccc12. The Balaban J connectivity index is 2.42. The largest absolute Gasteiger partial charge is 0.393 e. The number of aryl methyl sites for hydroxylation is 2. The van der Waals surface area contributed by atoms with E-state index in [-0.39, 0.29) is 6.10 Å². The summed E-state index contributed by atoms with van der Waals surface area (Å²) in [6.45, 7) is 3.98. The zero-order chi connectivity index (χ0) is 11.5. The average molecular weight is 214 g/mol. The lowest BCUT2D eigenvalue weighted by molar-refractivity contribution is 0.185. The smallest absolute Gasteiger partial charge is 0.0515 e. The van der Waals surface area contributed by atoms with Crippen LogP contribution in [-0.2, 0) is 6.42 Å². The van der Waals surface area contributed by atoms with Crippen LogP contribution in [0.1, 0.15) is 24.5 Å². The highest BCUT2D eigenvalue weighted by Crippen LogP contribution is 2.23. The van der Waals surface area contributed by atoms with Gasteiger partial charge in [0.25, 0.3) is 0 Å². The second-order valence-electron chi connectivity index (χ2n) is 4.47. The van der Waals surface area contributed by atoms with Crippen molar-refractivity contribution >= 4 is 10.8 Å². The van der Waals surface area contributed by atoms with E-state index in [1.54, 1.807) is 0 Å². The maximum absolute atomic E-state index is 9.34. The molecule has 0 radical (unpaired) electrons. The standard InChI is InChI=1S/C15H18O/c1-11-7-9-13(10-8-12(2)16)15-6-4-3-5-14(11)15/h3-7,9,12,16H,8,10H2,1-2H3. The van der Waals surface area contributed by atoms with Crippen molar-refractivity contribution in [3.05, 3.63) is 47.5 Å². The fourth-order valence-corrected chi connectivity index (χ4v) is 2.09. The number of benzene rings is 2. The highest BCUT2D eigenvalue weighted by molar-refractivity contribution is 5.88. The lowest BCUT2D eigenvalue weighted by Crippen LogP contribution is -2.01. The van der Waals surface area contributed by atoms with Crippen molar-refractivity contribution in [2.45, 2.75) is 32.8 Å². The van der Waals surface area contributed by atoms with Crippen LogP contribution in [-0.4, -0.2) is 11.2 Å². The van der Waals surface area contributed by atoms with E-state index >= 15 is 0 Å². The Morgan fingerprint density at radius 3 is 2.44 bits per heavy atom. The van der Waals surface area contributed by atoms with Gasteiger partial charge >= 0.3 is 0 Å². The molecule has 1 atom stereocenters. The van der Waals surface area contributed by atoms with E-state index in [4.69, 9.17) is 0 Å². The first-order chi connectivity index (χ1) is 7.68. The Kier molecular flexibility index (Phi) is 3.25. The molecule has 0 aliphatic carbocycles. The van der Waals surface area contributed by atoms with Crippen LogP contribution in [0, 0.1) is 6.92 Å². The topological polar surface area (TPSA) is 20.2 Å². The summed E-state index contributed by atoms with van der Waals surface area (Å²) in [5.41, 5.74) is 2.65. The van der Waals surface area contributed by atoms with Gasteiger partial charge in [0.2, 0.25) is 0 Å². The van der Waals surface area contributed by atoms with Gasteiger partial charge in [-0.3, -0.25) is 0 Å². The number of rotatable bonds is 3. The van der Waals surface area contributed by atoms with E-state index in [9.17, 15) is 5.11 Å². The Bertz CT molecular complexity index is 486. The fourth-order valence-electron chi connectivity index (χ4n) is 2.09. The molecule has 0 fully saturated rings. The van der Waals surface area contributed by atoms with Crippen molar-refractivity contribution in [2.24, 2.45) is 0 Å². The summed E-state index contributed by atoms with van der Waals surface area (Å²) in [6.07, 6.45) is 1.55. The Morgan fingerprint density at radius 1 is 1.06 bits per heavy atom. The Hall–Kier alpha value is -1.34. The van der Waals surface area contributed by atoms with E-state index in [0.717, 1.165) is 12.8 Å². The van der Waals surface area contributed by atoms with Gasteiger partial charge in [0.05, 0.1) is 6.10 Å². The lowest BCUT2D eigenvalue weighted by atomic mass is 9.97. The number of hydrogen-bond acceptors (Lipinski definition) is 1. The van der Waals surface area contributed by atoms with Gasteiger partial charge in [-0.05, 0) is 48.6 Å². The third-order valence-corrected chi connectivity index (χ3v) is 3.06. The first kappa shape index (κ1) is 11.2. The molecule has 2 rings (SSSR count). The molecule has 2 aromatic carbocycles. The quantitative estimate of drug-likeness (QED) is 0.829. The number of aliphatic hydroxyl groups is 1. The van der Waals surface area contributed by atoms with Crippen molar-refractivity contribution in [1.82, 2.24) is 0 Å². The number of aliphatic hydroxyl groups excluding tert-OH is 1. The van der Waals surface area contributed by atoms with Gasteiger partial charge in [-0.25, -0.2) is 0 Å². The molecule has 1 N–H and O–H groups in total. The summed E-state index contributed by atoms with van der Waals surface area (Å²) in [5.74, 6) is 0. The third kappa shape index (κ3) is 2.25. The Morgan fingerprint density at radius 2 is 1.75 bits per heavy atom. The second kappa shape index (κ2) is 4.67. The Labute approximate surface area is 96.7 Å². The van der Waals surface area contributed by atoms with Gasteiger partial charge in [-0.15, -0.1) is 0 Å². The number of hydrogen-bond donors (Lipinski definition) is 1. The van der Waals surface area contributed by atoms with E-state index in [1.165, 1.54) is 21.9 Å². The van der Waals surface area contributed by atoms with Crippen LogP contribution in [0.15, 0.2) is 36.4 Å². The van der Waals surface area contributed by atoms with Crippen LogP contribution in [0.25, 0.3) is 10.8 Å². The zero-order valence-electron chi connectivity index (χ0n) is 9.90. The summed E-state index contributed by atoms with van der Waals surface area (Å²) < 4.78 is 0. The molecule has 0 aliphatic heterocycles. The first-order valence-electron chi connectivity index (χ1n) is 5.84. The minimum absolute atomic E-state index is 0.222. The molecule has 84 valence electrons. The van der Waals surface area contributed by atoms with Crippen molar-refractivity contribution in [1.29, 1.82) is 0 Å². The van der Waals surface area contributed by atoms with Gasteiger partial charge in [0.15, 0.2) is 0 Å². The van der Waals surface area contributed by atoms with Crippen molar-refractivity contribution in [3.63, 3.8) is 0 Å². The van der Waals surface area contributed by atoms with Gasteiger partial charge in [0.1, 0.15) is 0 Å². The monoisotopic (exact) mass is 214 g/mol. The first-order valence-corrected chi connectivity index (χ1v) is 5.84. The average Bonchev–Trinajstić information content (AvgIpc) is 2.28. The van der Waals surface area contributed by atoms with Crippen LogP contribution in [0.5, 0.6) is 0 Å². The molecule has 0 heterocycles. The molecule has 0 bridgehead atoms. The predicted molar refractivity (Wildman–Crippen MR) is 68.7 cm³/mol. The van der Waals surface area contributed by atoms with Gasteiger partial charge in [-0.2, -0.15) is 0 Å². The maximum Gasteiger partial charge on any atom is 0.0515 e. The minimum Gasteiger partial charge on any atom is -0.393 e. The van der Waals surface area contributed by atoms with Crippen molar-refractivity contribution in [2.75, 3.05) is 0 Å². The molecule has 0 amide bonds. The fraction of sp³-hybridized carbons (Fsp3) is 0.333. The molecule has 0 aromatic heterocycles. The minimum atomic E-state index is -0.222. The molecule has 1 unspecified atom stereocenters. The van der Waals surface area contributed by atoms with Gasteiger partial charge < -0.3 is 5.11 Å². The summed E-state index contributed by atoms with van der Waals surface area (Å²) >= 11 is 0. The molecule has 1 nitrogen and oxygen atoms in total. The number of fused-ring (bicyclic) bond motifs is 1. The maximum atomic E-state index is 9.34. The van der Waals surface area contributed by atoms with Crippen molar-refractivity contribution in [3.8, 4) is 0 Å². The zero-order valence-corrected chi connectivity index (χ0v) is 9.90. The van der Waals surface area contributed by atoms with Crippen LogP contribution in [0.4, 0.5) is 0 Å². The van der Waals surface area contributed by atoms with Gasteiger partial charge in [-0.1, -0.05) is 36.4 Å². The molecule has 1 heteroatoms. The van der Waals surface area contributed by atoms with E-state index in [1.807, 2.05) is 6.92 Å². The summed E-state index contributed by atoms with van der Waals surface area (Å²) in [4.78, 5) is 0. The summed E-state index contributed by atoms with van der Waals surface area (Å²) in [5, 5.41) is 12.0. The molecule has 0 spiro atoms. The van der Waals surface area contributed by atoms with Crippen LogP contribution in [0.3, 0.4) is 0 Å². The molecule has 16 heavy (non-hydrogen) atoms. The molecule has 0 aliphatic rings. The van der Waals surface area contributed by atoms with Crippen LogP contribution in [0.2, 0.25) is 0 Å². The molecule has 2 aromatic rings. The second-order valence-corrected chi connectivity index (χ2v) is 4.47. The van der Waals surface area contributed by atoms with Crippen molar-refractivity contribution < 1.29 is 5.11 Å². The molecular formula is C15H18O. The van der Waals surface area contributed by atoms with Crippen LogP contribution >= 0.6 is 0 Å². The molecule has 0 saturated carbocycles. The highest BCUT2D eigenvalue weighted by atomic mass is 16.3. The van der Waals surface area contributed by atoms with E-state index in [2.05, 4.69) is 43.3 Å². The third-order valence-electron chi connectivity index (χ3n) is 3.06. The van der Waals surface area contributed by atoms with E-state index in [0.29, 0.717) is 0 Å². The summed E-state index contributed by atoms with van der Waals surface area (Å²) in [7, 11) is 0. The normalized spacial score (nSPS) is 12.9. The lowest BCUT2D eigenvalue weighted by Gasteiger charge is -2.09. The molecular weight excluding hydrogens is 196 g/mol. The van der Waals surface area contributed by atoms with E-state index < -0.39 is 0 Å². The van der Waals surface area contributed by atoms with Crippen LogP contribution < -0.4 is 0 Å². The highest BCUT2D eigenvalue weighted by Gasteiger charge is 2.04. The molecule has 0 saturated heterocycles. The van der Waals surface area contributed by atoms with Gasteiger partial charge in [0, 0.05) is 0 Å². The summed E-state index contributed by atoms with van der Waals surface area (Å²) in [6, 6.07) is 12.8.